The summed E-state index contributed by atoms with van der Waals surface area (Å²) in [5.41, 5.74) is -0.214. The fourth-order valence-electron chi connectivity index (χ4n) is 0.948. The van der Waals surface area contributed by atoms with E-state index in [1.807, 2.05) is 0 Å². The Labute approximate surface area is 79.5 Å². The molecular weight excluding hydrogens is 190 g/mol. The number of rotatable bonds is 3. The molecule has 74 valence electrons. The molecule has 0 aliphatic rings. The highest BCUT2D eigenvalue weighted by atomic mass is 19.1. The van der Waals surface area contributed by atoms with Crippen LogP contribution in [0.4, 0.5) is 8.78 Å². The minimum Gasteiger partial charge on any atom is -0.481 e. The van der Waals surface area contributed by atoms with Gasteiger partial charge in [0.25, 0.3) is 0 Å². The van der Waals surface area contributed by atoms with E-state index in [1.54, 1.807) is 0 Å². The van der Waals surface area contributed by atoms with Gasteiger partial charge in [-0.1, -0.05) is 18.2 Å². The van der Waals surface area contributed by atoms with Crippen LogP contribution in [0.1, 0.15) is 12.0 Å². The molecule has 0 unspecified atom stereocenters. The standard InChI is InChI=1S/C10H8F2O2/c11-8-4-2-5-9(12)7(8)3-1-6-10(13)14/h1-5H,6H2,(H,13,14). The molecule has 0 aliphatic heterocycles. The van der Waals surface area contributed by atoms with Gasteiger partial charge in [0.05, 0.1) is 6.42 Å². The zero-order valence-electron chi connectivity index (χ0n) is 7.21. The highest BCUT2D eigenvalue weighted by molar-refractivity contribution is 5.70. The second-order valence-electron chi connectivity index (χ2n) is 2.64. The van der Waals surface area contributed by atoms with Crippen LogP contribution < -0.4 is 0 Å². The van der Waals surface area contributed by atoms with Crippen LogP contribution in [0.2, 0.25) is 0 Å². The van der Waals surface area contributed by atoms with Gasteiger partial charge in [-0.25, -0.2) is 8.78 Å². The average molecular weight is 198 g/mol. The largest absolute Gasteiger partial charge is 0.481 e. The highest BCUT2D eigenvalue weighted by Crippen LogP contribution is 2.13. The zero-order chi connectivity index (χ0) is 10.6. The van der Waals surface area contributed by atoms with Gasteiger partial charge in [-0.15, -0.1) is 0 Å². The molecule has 0 amide bonds. The minimum atomic E-state index is -1.04. The molecule has 1 aromatic rings. The Balaban J connectivity index is 2.85. The summed E-state index contributed by atoms with van der Waals surface area (Å²) in [4.78, 5) is 10.1. The molecule has 0 saturated heterocycles. The van der Waals surface area contributed by atoms with Gasteiger partial charge in [0.1, 0.15) is 11.6 Å². The summed E-state index contributed by atoms with van der Waals surface area (Å²) < 4.78 is 25.9. The maximum atomic E-state index is 12.9. The average Bonchev–Trinajstić information content (AvgIpc) is 2.09. The van der Waals surface area contributed by atoms with Gasteiger partial charge in [-0.2, -0.15) is 0 Å². The van der Waals surface area contributed by atoms with Crippen molar-refractivity contribution in [2.45, 2.75) is 6.42 Å². The van der Waals surface area contributed by atoms with Crippen molar-refractivity contribution >= 4 is 12.0 Å². The van der Waals surface area contributed by atoms with E-state index >= 15 is 0 Å². The number of carboxylic acids is 1. The van der Waals surface area contributed by atoms with Gasteiger partial charge in [0.15, 0.2) is 0 Å². The van der Waals surface area contributed by atoms with Gasteiger partial charge in [-0.3, -0.25) is 4.79 Å². The lowest BCUT2D eigenvalue weighted by Crippen LogP contribution is -1.91. The quantitative estimate of drug-likeness (QED) is 0.809. The van der Waals surface area contributed by atoms with E-state index < -0.39 is 17.6 Å². The van der Waals surface area contributed by atoms with Crippen LogP contribution in [0, 0.1) is 11.6 Å². The Bertz CT molecular complexity index is 352. The van der Waals surface area contributed by atoms with Crippen molar-refractivity contribution in [3.05, 3.63) is 41.5 Å². The first-order valence-corrected chi connectivity index (χ1v) is 3.93. The molecule has 4 heteroatoms. The summed E-state index contributed by atoms with van der Waals surface area (Å²) in [6.45, 7) is 0. The van der Waals surface area contributed by atoms with Crippen LogP contribution in [-0.4, -0.2) is 11.1 Å². The second-order valence-corrected chi connectivity index (χ2v) is 2.64. The topological polar surface area (TPSA) is 37.3 Å². The molecule has 1 aromatic carbocycles. The summed E-state index contributed by atoms with van der Waals surface area (Å²) >= 11 is 0. The van der Waals surface area contributed by atoms with E-state index in [2.05, 4.69) is 0 Å². The summed E-state index contributed by atoms with van der Waals surface area (Å²) in [6.07, 6.45) is 2.07. The third-order valence-corrected chi connectivity index (χ3v) is 1.58. The first-order valence-electron chi connectivity index (χ1n) is 3.93. The normalized spacial score (nSPS) is 10.7. The molecule has 0 spiro atoms. The van der Waals surface area contributed by atoms with Crippen molar-refractivity contribution < 1.29 is 18.7 Å². The van der Waals surface area contributed by atoms with E-state index in [1.165, 1.54) is 12.1 Å². The monoisotopic (exact) mass is 198 g/mol. The van der Waals surface area contributed by atoms with Crippen molar-refractivity contribution in [3.8, 4) is 0 Å². The molecule has 1 rings (SSSR count). The van der Waals surface area contributed by atoms with Crippen LogP contribution in [0.5, 0.6) is 0 Å². The predicted molar refractivity (Wildman–Crippen MR) is 47.6 cm³/mol. The SMILES string of the molecule is O=C(O)CC=Cc1c(F)cccc1F. The molecule has 0 heterocycles. The number of hydrogen-bond donors (Lipinski definition) is 1. The maximum Gasteiger partial charge on any atom is 0.307 e. The van der Waals surface area contributed by atoms with Crippen LogP contribution >= 0.6 is 0 Å². The maximum absolute atomic E-state index is 12.9. The molecule has 0 aromatic heterocycles. The third-order valence-electron chi connectivity index (χ3n) is 1.58. The van der Waals surface area contributed by atoms with Crippen molar-refractivity contribution in [1.29, 1.82) is 0 Å². The lowest BCUT2D eigenvalue weighted by atomic mass is 10.2. The van der Waals surface area contributed by atoms with Gasteiger partial charge in [-0.05, 0) is 12.1 Å². The number of carbonyl (C=O) groups is 1. The van der Waals surface area contributed by atoms with E-state index in [4.69, 9.17) is 5.11 Å². The second kappa shape index (κ2) is 4.50. The lowest BCUT2D eigenvalue weighted by molar-refractivity contribution is -0.135. The number of hydrogen-bond acceptors (Lipinski definition) is 1. The summed E-state index contributed by atoms with van der Waals surface area (Å²) in [7, 11) is 0. The smallest absolute Gasteiger partial charge is 0.307 e. The Morgan fingerprint density at radius 1 is 1.36 bits per heavy atom. The molecule has 0 aliphatic carbocycles. The number of carboxylic acid groups (broad SMARTS) is 1. The molecule has 0 saturated carbocycles. The van der Waals surface area contributed by atoms with Gasteiger partial charge in [0.2, 0.25) is 0 Å². The minimum absolute atomic E-state index is 0.214. The van der Waals surface area contributed by atoms with Crippen LogP contribution in [0.25, 0.3) is 6.08 Å². The summed E-state index contributed by atoms with van der Waals surface area (Å²) in [5, 5.41) is 8.29. The molecule has 0 bridgehead atoms. The first kappa shape index (κ1) is 10.4. The Morgan fingerprint density at radius 3 is 2.43 bits per heavy atom. The fourth-order valence-corrected chi connectivity index (χ4v) is 0.948. The van der Waals surface area contributed by atoms with Crippen molar-refractivity contribution in [3.63, 3.8) is 0 Å². The molecule has 0 radical (unpaired) electrons. The zero-order valence-corrected chi connectivity index (χ0v) is 7.21. The molecule has 1 N–H and O–H groups in total. The van der Waals surface area contributed by atoms with Crippen LogP contribution in [0.3, 0.4) is 0 Å². The van der Waals surface area contributed by atoms with Gasteiger partial charge < -0.3 is 5.11 Å². The van der Waals surface area contributed by atoms with Crippen LogP contribution in [0.15, 0.2) is 24.3 Å². The molecule has 0 atom stereocenters. The molecular formula is C10H8F2O2. The van der Waals surface area contributed by atoms with Crippen molar-refractivity contribution in [2.75, 3.05) is 0 Å². The van der Waals surface area contributed by atoms with E-state index in [-0.39, 0.29) is 12.0 Å². The molecule has 14 heavy (non-hydrogen) atoms. The Hall–Kier alpha value is -1.71. The van der Waals surface area contributed by atoms with Crippen molar-refractivity contribution in [2.24, 2.45) is 0 Å². The lowest BCUT2D eigenvalue weighted by Gasteiger charge is -1.97. The summed E-state index contributed by atoms with van der Waals surface area (Å²) in [5.74, 6) is -2.45. The number of aliphatic carboxylic acids is 1. The van der Waals surface area contributed by atoms with E-state index in [0.29, 0.717) is 0 Å². The molecule has 2 nitrogen and oxygen atoms in total. The van der Waals surface area contributed by atoms with E-state index in [9.17, 15) is 13.6 Å². The van der Waals surface area contributed by atoms with Crippen molar-refractivity contribution in [1.82, 2.24) is 0 Å². The summed E-state index contributed by atoms with van der Waals surface area (Å²) in [6, 6.07) is 3.48. The number of benzene rings is 1. The first-order chi connectivity index (χ1) is 6.61. The molecule has 0 fully saturated rings. The van der Waals surface area contributed by atoms with Crippen LogP contribution in [-0.2, 0) is 4.79 Å². The highest BCUT2D eigenvalue weighted by Gasteiger charge is 2.03. The number of halogens is 2. The fraction of sp³-hybridized carbons (Fsp3) is 0.100. The Morgan fingerprint density at radius 2 is 1.93 bits per heavy atom. The third kappa shape index (κ3) is 2.65. The Kier molecular flexibility index (Phi) is 3.34. The van der Waals surface area contributed by atoms with Gasteiger partial charge >= 0.3 is 5.97 Å². The van der Waals surface area contributed by atoms with Gasteiger partial charge in [0, 0.05) is 5.56 Å². The van der Waals surface area contributed by atoms with E-state index in [0.717, 1.165) is 18.2 Å². The predicted octanol–water partition coefficient (Wildman–Crippen LogP) is 2.45.